The van der Waals surface area contributed by atoms with Crippen LogP contribution in [-0.4, -0.2) is 16.7 Å². The van der Waals surface area contributed by atoms with Gasteiger partial charge in [-0.2, -0.15) is 0 Å². The van der Waals surface area contributed by atoms with Gasteiger partial charge in [0.05, 0.1) is 6.04 Å². The fraction of sp³-hybridized carbons (Fsp3) is 0.846. The minimum atomic E-state index is 0.376. The molecule has 3 nitrogen and oxygen atoms in total. The van der Waals surface area contributed by atoms with Gasteiger partial charge in [0.1, 0.15) is 10.0 Å². The first-order chi connectivity index (χ1) is 8.10. The van der Waals surface area contributed by atoms with Crippen molar-refractivity contribution in [2.45, 2.75) is 59.4 Å². The molecule has 1 rings (SSSR count). The molecule has 98 valence electrons. The summed E-state index contributed by atoms with van der Waals surface area (Å²) in [4.78, 5) is 0. The fourth-order valence-corrected chi connectivity index (χ4v) is 2.81. The Hall–Kier alpha value is -0.480. The summed E-state index contributed by atoms with van der Waals surface area (Å²) >= 11 is 1.77. The van der Waals surface area contributed by atoms with E-state index in [9.17, 15) is 0 Å². The molecule has 0 saturated heterocycles. The van der Waals surface area contributed by atoms with Crippen LogP contribution in [0.1, 0.15) is 69.4 Å². The quantitative estimate of drug-likeness (QED) is 0.806. The van der Waals surface area contributed by atoms with Crippen molar-refractivity contribution in [1.29, 1.82) is 0 Å². The molecular weight excluding hydrogens is 230 g/mol. The maximum absolute atomic E-state index is 4.35. The normalized spacial score (nSPS) is 15.2. The van der Waals surface area contributed by atoms with Crippen LogP contribution in [-0.2, 0) is 0 Å². The Bertz CT molecular complexity index is 322. The number of hydrogen-bond donors (Lipinski definition) is 1. The third-order valence-electron chi connectivity index (χ3n) is 3.19. The molecule has 0 aromatic carbocycles. The van der Waals surface area contributed by atoms with Crippen LogP contribution in [0.25, 0.3) is 0 Å². The van der Waals surface area contributed by atoms with Crippen LogP contribution in [0, 0.1) is 5.92 Å². The monoisotopic (exact) mass is 255 g/mol. The maximum atomic E-state index is 4.35. The van der Waals surface area contributed by atoms with Gasteiger partial charge in [0.25, 0.3) is 0 Å². The van der Waals surface area contributed by atoms with Crippen LogP contribution >= 0.6 is 11.3 Å². The Balaban J connectivity index is 2.71. The average molecular weight is 255 g/mol. The maximum Gasteiger partial charge on any atom is 0.134 e. The molecule has 0 radical (unpaired) electrons. The zero-order valence-corrected chi connectivity index (χ0v) is 12.5. The SMILES string of the molecule is CCCNC(CC)c1nnc(C(C)C(C)C)s1. The Morgan fingerprint density at radius 3 is 2.29 bits per heavy atom. The predicted octanol–water partition coefficient (Wildman–Crippen LogP) is 3.75. The van der Waals surface area contributed by atoms with Crippen molar-refractivity contribution in [3.05, 3.63) is 10.0 Å². The van der Waals surface area contributed by atoms with Gasteiger partial charge in [0, 0.05) is 5.92 Å². The summed E-state index contributed by atoms with van der Waals surface area (Å²) in [7, 11) is 0. The first-order valence-electron chi connectivity index (χ1n) is 6.66. The smallest absolute Gasteiger partial charge is 0.134 e. The lowest BCUT2D eigenvalue weighted by Crippen LogP contribution is -2.21. The zero-order chi connectivity index (χ0) is 12.8. The second-order valence-electron chi connectivity index (χ2n) is 4.93. The van der Waals surface area contributed by atoms with E-state index in [1.54, 1.807) is 11.3 Å². The third-order valence-corrected chi connectivity index (χ3v) is 4.43. The zero-order valence-electron chi connectivity index (χ0n) is 11.7. The second kappa shape index (κ2) is 7.07. The molecule has 17 heavy (non-hydrogen) atoms. The molecular formula is C13H25N3S. The van der Waals surface area contributed by atoms with E-state index < -0.39 is 0 Å². The van der Waals surface area contributed by atoms with Crippen molar-refractivity contribution in [3.63, 3.8) is 0 Å². The Morgan fingerprint density at radius 1 is 1.12 bits per heavy atom. The van der Waals surface area contributed by atoms with E-state index in [1.165, 1.54) is 5.01 Å². The summed E-state index contributed by atoms with van der Waals surface area (Å²) < 4.78 is 0. The summed E-state index contributed by atoms with van der Waals surface area (Å²) in [5, 5.41) is 14.5. The molecule has 0 bridgehead atoms. The molecule has 1 aromatic rings. The minimum absolute atomic E-state index is 0.376. The molecule has 0 spiro atoms. The summed E-state index contributed by atoms with van der Waals surface area (Å²) in [5.41, 5.74) is 0. The van der Waals surface area contributed by atoms with Crippen LogP contribution < -0.4 is 5.32 Å². The first kappa shape index (κ1) is 14.6. The molecule has 0 aliphatic carbocycles. The highest BCUT2D eigenvalue weighted by atomic mass is 32.1. The van der Waals surface area contributed by atoms with Gasteiger partial charge in [-0.15, -0.1) is 10.2 Å². The topological polar surface area (TPSA) is 37.8 Å². The molecule has 0 aliphatic rings. The molecule has 2 unspecified atom stereocenters. The van der Waals surface area contributed by atoms with Crippen molar-refractivity contribution in [2.24, 2.45) is 5.92 Å². The Morgan fingerprint density at radius 2 is 1.76 bits per heavy atom. The molecule has 0 fully saturated rings. The molecule has 1 heterocycles. The highest BCUT2D eigenvalue weighted by Crippen LogP contribution is 2.29. The molecule has 0 amide bonds. The van der Waals surface area contributed by atoms with Crippen molar-refractivity contribution >= 4 is 11.3 Å². The van der Waals surface area contributed by atoms with Crippen LogP contribution in [0.2, 0.25) is 0 Å². The lowest BCUT2D eigenvalue weighted by atomic mass is 9.99. The van der Waals surface area contributed by atoms with Gasteiger partial charge in [-0.25, -0.2) is 0 Å². The predicted molar refractivity (Wildman–Crippen MR) is 74.5 cm³/mol. The van der Waals surface area contributed by atoms with E-state index in [2.05, 4.69) is 50.1 Å². The number of hydrogen-bond acceptors (Lipinski definition) is 4. The molecule has 4 heteroatoms. The van der Waals surface area contributed by atoms with Crippen molar-refractivity contribution in [3.8, 4) is 0 Å². The summed E-state index contributed by atoms with van der Waals surface area (Å²) in [6, 6.07) is 0.376. The van der Waals surface area contributed by atoms with Crippen LogP contribution in [0.5, 0.6) is 0 Å². The van der Waals surface area contributed by atoms with E-state index in [0.29, 0.717) is 17.9 Å². The highest BCUT2D eigenvalue weighted by molar-refractivity contribution is 7.11. The fourth-order valence-electron chi connectivity index (χ4n) is 1.58. The van der Waals surface area contributed by atoms with Gasteiger partial charge < -0.3 is 5.32 Å². The van der Waals surface area contributed by atoms with Gasteiger partial charge in [-0.3, -0.25) is 0 Å². The molecule has 1 N–H and O–H groups in total. The standard InChI is InChI=1S/C13H25N3S/c1-6-8-14-11(7-2)13-16-15-12(17-13)10(5)9(3)4/h9-11,14H,6-8H2,1-5H3. The van der Waals surface area contributed by atoms with Crippen molar-refractivity contribution in [2.75, 3.05) is 6.54 Å². The minimum Gasteiger partial charge on any atom is -0.308 e. The van der Waals surface area contributed by atoms with Gasteiger partial charge in [0.15, 0.2) is 0 Å². The summed E-state index contributed by atoms with van der Waals surface area (Å²) in [6.07, 6.45) is 2.23. The summed E-state index contributed by atoms with van der Waals surface area (Å²) in [6.45, 7) is 12.1. The van der Waals surface area contributed by atoms with E-state index in [4.69, 9.17) is 0 Å². The average Bonchev–Trinajstić information content (AvgIpc) is 2.78. The summed E-state index contributed by atoms with van der Waals surface area (Å²) in [5.74, 6) is 1.13. The highest BCUT2D eigenvalue weighted by Gasteiger charge is 2.19. The van der Waals surface area contributed by atoms with Gasteiger partial charge in [-0.05, 0) is 25.3 Å². The van der Waals surface area contributed by atoms with Crippen LogP contribution in [0.15, 0.2) is 0 Å². The lowest BCUT2D eigenvalue weighted by Gasteiger charge is -2.13. The number of nitrogens with zero attached hydrogens (tertiary/aromatic N) is 2. The largest absolute Gasteiger partial charge is 0.308 e. The van der Waals surface area contributed by atoms with E-state index in [0.717, 1.165) is 24.4 Å². The van der Waals surface area contributed by atoms with Gasteiger partial charge in [0.2, 0.25) is 0 Å². The molecule has 0 aliphatic heterocycles. The van der Waals surface area contributed by atoms with Crippen molar-refractivity contribution in [1.82, 2.24) is 15.5 Å². The van der Waals surface area contributed by atoms with Gasteiger partial charge in [-0.1, -0.05) is 46.0 Å². The van der Waals surface area contributed by atoms with Crippen molar-refractivity contribution < 1.29 is 0 Å². The van der Waals surface area contributed by atoms with E-state index >= 15 is 0 Å². The number of rotatable bonds is 7. The first-order valence-corrected chi connectivity index (χ1v) is 7.48. The van der Waals surface area contributed by atoms with Crippen LogP contribution in [0.4, 0.5) is 0 Å². The molecule has 1 aromatic heterocycles. The Labute approximate surface area is 109 Å². The van der Waals surface area contributed by atoms with Crippen LogP contribution in [0.3, 0.4) is 0 Å². The Kier molecular flexibility index (Phi) is 6.06. The third kappa shape index (κ3) is 4.03. The number of aromatic nitrogens is 2. The molecule has 2 atom stereocenters. The lowest BCUT2D eigenvalue weighted by molar-refractivity contribution is 0.510. The van der Waals surface area contributed by atoms with Gasteiger partial charge >= 0.3 is 0 Å². The van der Waals surface area contributed by atoms with E-state index in [1.807, 2.05) is 0 Å². The molecule has 0 saturated carbocycles. The van der Waals surface area contributed by atoms with E-state index in [-0.39, 0.29) is 0 Å². The number of nitrogens with one attached hydrogen (secondary N) is 1. The second-order valence-corrected chi connectivity index (χ2v) is 5.97.